The van der Waals surface area contributed by atoms with E-state index in [1.54, 1.807) is 24.4 Å². The van der Waals surface area contributed by atoms with E-state index in [2.05, 4.69) is 10.3 Å². The summed E-state index contributed by atoms with van der Waals surface area (Å²) in [6.07, 6.45) is 4.48. The Morgan fingerprint density at radius 2 is 2.21 bits per heavy atom. The molecule has 2 heterocycles. The van der Waals surface area contributed by atoms with E-state index < -0.39 is 16.0 Å². The number of benzene rings is 1. The van der Waals surface area contributed by atoms with Crippen LogP contribution in [0.3, 0.4) is 0 Å². The van der Waals surface area contributed by atoms with Gasteiger partial charge in [0.25, 0.3) is 0 Å². The largest absolute Gasteiger partial charge is 0.478 e. The minimum absolute atomic E-state index is 0.0992. The number of pyridine rings is 1. The second-order valence-corrected chi connectivity index (χ2v) is 7.85. The molecular weight excluding hydrogens is 330 g/mol. The zero-order valence-corrected chi connectivity index (χ0v) is 14.1. The summed E-state index contributed by atoms with van der Waals surface area (Å²) in [4.78, 5) is 15.6. The molecule has 3 rings (SSSR count). The number of rotatable bonds is 5. The highest BCUT2D eigenvalue weighted by Gasteiger charge is 2.31. The molecule has 8 heteroatoms. The van der Waals surface area contributed by atoms with Crippen molar-refractivity contribution < 1.29 is 18.3 Å². The number of hydrogen-bond donors (Lipinski definition) is 2. The number of nitrogens with one attached hydrogen (secondary N) is 1. The van der Waals surface area contributed by atoms with Crippen LogP contribution in [-0.4, -0.2) is 54.2 Å². The van der Waals surface area contributed by atoms with Crippen molar-refractivity contribution >= 4 is 32.6 Å². The van der Waals surface area contributed by atoms with Gasteiger partial charge in [-0.05, 0) is 31.0 Å². The third-order valence-electron chi connectivity index (χ3n) is 4.28. The Balaban J connectivity index is 1.86. The van der Waals surface area contributed by atoms with Gasteiger partial charge >= 0.3 is 5.97 Å². The van der Waals surface area contributed by atoms with Crippen molar-refractivity contribution in [1.29, 1.82) is 0 Å². The highest BCUT2D eigenvalue weighted by Crippen LogP contribution is 2.26. The summed E-state index contributed by atoms with van der Waals surface area (Å²) in [5, 5.41) is 13.1. The number of sulfonamides is 1. The van der Waals surface area contributed by atoms with E-state index in [1.165, 1.54) is 16.6 Å². The van der Waals surface area contributed by atoms with Crippen LogP contribution in [-0.2, 0) is 10.0 Å². The second kappa shape index (κ2) is 6.37. The van der Waals surface area contributed by atoms with Crippen molar-refractivity contribution in [2.45, 2.75) is 18.9 Å². The first-order chi connectivity index (χ1) is 11.4. The minimum Gasteiger partial charge on any atom is -0.478 e. The lowest BCUT2D eigenvalue weighted by molar-refractivity contribution is 0.0699. The molecule has 1 aromatic heterocycles. The Morgan fingerprint density at radius 1 is 1.42 bits per heavy atom. The van der Waals surface area contributed by atoms with Crippen LogP contribution in [0.15, 0.2) is 30.5 Å². The second-order valence-electron chi connectivity index (χ2n) is 5.92. The van der Waals surface area contributed by atoms with Crippen molar-refractivity contribution in [3.8, 4) is 0 Å². The number of carbonyl (C=O) groups is 1. The van der Waals surface area contributed by atoms with Gasteiger partial charge in [0.05, 0.1) is 23.0 Å². The lowest BCUT2D eigenvalue weighted by Crippen LogP contribution is -2.38. The average molecular weight is 349 g/mol. The smallest absolute Gasteiger partial charge is 0.336 e. The summed E-state index contributed by atoms with van der Waals surface area (Å²) in [6.45, 7) is 1.01. The molecule has 0 amide bonds. The van der Waals surface area contributed by atoms with Gasteiger partial charge in [0.15, 0.2) is 0 Å². The molecule has 2 N–H and O–H groups in total. The SMILES string of the molecule is CS(=O)(=O)N1CCC[C@@H]1CNc1ccc(C(=O)O)c2cccnc12. The van der Waals surface area contributed by atoms with Gasteiger partial charge in [-0.15, -0.1) is 0 Å². The van der Waals surface area contributed by atoms with Gasteiger partial charge in [0, 0.05) is 30.7 Å². The van der Waals surface area contributed by atoms with E-state index in [9.17, 15) is 18.3 Å². The summed E-state index contributed by atoms with van der Waals surface area (Å²) in [5.74, 6) is -1.00. The Kier molecular flexibility index (Phi) is 4.42. The molecule has 2 aromatic rings. The Morgan fingerprint density at radius 3 is 2.92 bits per heavy atom. The van der Waals surface area contributed by atoms with E-state index in [0.717, 1.165) is 12.8 Å². The van der Waals surface area contributed by atoms with Crippen LogP contribution in [0.2, 0.25) is 0 Å². The van der Waals surface area contributed by atoms with Gasteiger partial charge in [-0.25, -0.2) is 13.2 Å². The Hall–Kier alpha value is -2.19. The highest BCUT2D eigenvalue weighted by atomic mass is 32.2. The molecule has 24 heavy (non-hydrogen) atoms. The van der Waals surface area contributed by atoms with Crippen LogP contribution in [0, 0.1) is 0 Å². The lowest BCUT2D eigenvalue weighted by atomic mass is 10.1. The molecule has 0 aliphatic carbocycles. The quantitative estimate of drug-likeness (QED) is 0.853. The first-order valence-electron chi connectivity index (χ1n) is 7.69. The van der Waals surface area contributed by atoms with Crippen LogP contribution in [0.25, 0.3) is 10.9 Å². The van der Waals surface area contributed by atoms with E-state index in [1.807, 2.05) is 0 Å². The molecule has 0 spiro atoms. The average Bonchev–Trinajstić information content (AvgIpc) is 3.01. The summed E-state index contributed by atoms with van der Waals surface area (Å²) in [6, 6.07) is 6.53. The fourth-order valence-corrected chi connectivity index (χ4v) is 4.36. The predicted molar refractivity (Wildman–Crippen MR) is 91.8 cm³/mol. The van der Waals surface area contributed by atoms with E-state index >= 15 is 0 Å². The number of nitrogens with zero attached hydrogens (tertiary/aromatic N) is 2. The van der Waals surface area contributed by atoms with Crippen LogP contribution in [0.4, 0.5) is 5.69 Å². The standard InChI is InChI=1S/C16H19N3O4S/c1-24(22,23)19-9-3-4-11(19)10-18-14-7-6-13(16(20)21)12-5-2-8-17-15(12)14/h2,5-8,11,18H,3-4,9-10H2,1H3,(H,20,21)/t11-/m1/s1. The van der Waals surface area contributed by atoms with E-state index in [-0.39, 0.29) is 11.6 Å². The number of anilines is 1. The van der Waals surface area contributed by atoms with Crippen molar-refractivity contribution in [3.05, 3.63) is 36.0 Å². The lowest BCUT2D eigenvalue weighted by Gasteiger charge is -2.23. The predicted octanol–water partition coefficient (Wildman–Crippen LogP) is 1.77. The fourth-order valence-electron chi connectivity index (χ4n) is 3.18. The van der Waals surface area contributed by atoms with Crippen LogP contribution in [0.5, 0.6) is 0 Å². The highest BCUT2D eigenvalue weighted by molar-refractivity contribution is 7.88. The molecule has 1 fully saturated rings. The molecule has 0 saturated carbocycles. The van der Waals surface area contributed by atoms with Crippen LogP contribution >= 0.6 is 0 Å². The van der Waals surface area contributed by atoms with Gasteiger partial charge in [0.1, 0.15) is 0 Å². The number of carboxylic acid groups (broad SMARTS) is 1. The molecule has 0 unspecified atom stereocenters. The number of carboxylic acids is 1. The first-order valence-corrected chi connectivity index (χ1v) is 9.54. The maximum atomic E-state index is 11.8. The summed E-state index contributed by atoms with van der Waals surface area (Å²) < 4.78 is 25.1. The van der Waals surface area contributed by atoms with Crippen LogP contribution in [0.1, 0.15) is 23.2 Å². The van der Waals surface area contributed by atoms with Crippen molar-refractivity contribution in [3.63, 3.8) is 0 Å². The Labute approximate surface area is 140 Å². The number of aromatic carboxylic acids is 1. The van der Waals surface area contributed by atoms with Crippen molar-refractivity contribution in [1.82, 2.24) is 9.29 Å². The third-order valence-corrected chi connectivity index (χ3v) is 5.61. The number of aromatic nitrogens is 1. The Bertz CT molecular complexity index is 882. The van der Waals surface area contributed by atoms with Crippen molar-refractivity contribution in [2.24, 2.45) is 0 Å². The summed E-state index contributed by atoms with van der Waals surface area (Å²) in [7, 11) is -3.22. The normalized spacial score (nSPS) is 18.8. The van der Waals surface area contributed by atoms with Gasteiger partial charge in [-0.3, -0.25) is 4.98 Å². The van der Waals surface area contributed by atoms with Gasteiger partial charge in [-0.2, -0.15) is 4.31 Å². The molecule has 7 nitrogen and oxygen atoms in total. The molecule has 1 saturated heterocycles. The molecule has 1 atom stereocenters. The summed E-state index contributed by atoms with van der Waals surface area (Å²) in [5.41, 5.74) is 1.47. The molecular formula is C16H19N3O4S. The molecule has 1 aliphatic heterocycles. The summed E-state index contributed by atoms with van der Waals surface area (Å²) >= 11 is 0. The molecule has 1 aliphatic rings. The van der Waals surface area contributed by atoms with Crippen molar-refractivity contribution in [2.75, 3.05) is 24.7 Å². The molecule has 1 aromatic carbocycles. The monoisotopic (exact) mass is 349 g/mol. The number of hydrogen-bond acceptors (Lipinski definition) is 5. The van der Waals surface area contributed by atoms with Crippen LogP contribution < -0.4 is 5.32 Å². The van der Waals surface area contributed by atoms with Gasteiger partial charge < -0.3 is 10.4 Å². The van der Waals surface area contributed by atoms with Gasteiger partial charge in [-0.1, -0.05) is 6.07 Å². The zero-order chi connectivity index (χ0) is 17.3. The molecule has 0 radical (unpaired) electrons. The molecule has 0 bridgehead atoms. The van der Waals surface area contributed by atoms with E-state index in [4.69, 9.17) is 0 Å². The maximum absolute atomic E-state index is 11.8. The van der Waals surface area contributed by atoms with Gasteiger partial charge in [0.2, 0.25) is 10.0 Å². The minimum atomic E-state index is -3.22. The maximum Gasteiger partial charge on any atom is 0.336 e. The fraction of sp³-hybridized carbons (Fsp3) is 0.375. The molecule has 128 valence electrons. The third kappa shape index (κ3) is 3.20. The first kappa shape index (κ1) is 16.7. The zero-order valence-electron chi connectivity index (χ0n) is 13.3. The number of fused-ring (bicyclic) bond motifs is 1. The van der Waals surface area contributed by atoms with E-state index in [0.29, 0.717) is 29.7 Å². The topological polar surface area (TPSA) is 99.6 Å².